The van der Waals surface area contributed by atoms with E-state index in [0.717, 1.165) is 4.83 Å². The van der Waals surface area contributed by atoms with Gasteiger partial charge in [-0.1, -0.05) is 0 Å². The van der Waals surface area contributed by atoms with Crippen LogP contribution >= 0.6 is 11.3 Å². The molecule has 0 bridgehead atoms. The lowest BCUT2D eigenvalue weighted by molar-refractivity contribution is 0.624. The van der Waals surface area contributed by atoms with Crippen molar-refractivity contribution in [2.24, 2.45) is 0 Å². The summed E-state index contributed by atoms with van der Waals surface area (Å²) >= 11 is 1.42. The Labute approximate surface area is 66.5 Å². The fraction of sp³-hybridized carbons (Fsp3) is 0. The molecule has 0 saturated carbocycles. The predicted octanol–water partition coefficient (Wildman–Crippen LogP) is 2.02. The van der Waals surface area contributed by atoms with Gasteiger partial charge in [-0.25, -0.2) is 9.37 Å². The topological polar surface area (TPSA) is 38.9 Å². The average Bonchev–Trinajstić information content (AvgIpc) is 2.33. The molecule has 0 saturated heterocycles. The van der Waals surface area contributed by atoms with Gasteiger partial charge in [0.2, 0.25) is 0 Å². The molecule has 11 heavy (non-hydrogen) atoms. The number of hydrogen-bond donors (Lipinski definition) is 1. The number of aromatic nitrogens is 1. The number of halogens is 1. The standard InChI is InChI=1S/C7H5FN2S/c8-4-1-5-6(9)3-11-7(5)10-2-4/h1-3H,9H2. The van der Waals surface area contributed by atoms with E-state index in [0.29, 0.717) is 11.1 Å². The maximum atomic E-state index is 12.6. The minimum atomic E-state index is -0.345. The third-order valence-corrected chi connectivity index (χ3v) is 2.35. The largest absolute Gasteiger partial charge is 0.398 e. The lowest BCUT2D eigenvalue weighted by atomic mass is 10.3. The van der Waals surface area contributed by atoms with Crippen LogP contribution in [0.25, 0.3) is 10.2 Å². The summed E-state index contributed by atoms with van der Waals surface area (Å²) in [4.78, 5) is 4.65. The lowest BCUT2D eigenvalue weighted by Crippen LogP contribution is -1.82. The Bertz CT molecular complexity index is 396. The van der Waals surface area contributed by atoms with Gasteiger partial charge >= 0.3 is 0 Å². The van der Waals surface area contributed by atoms with Crippen LogP contribution < -0.4 is 5.73 Å². The highest BCUT2D eigenvalue weighted by Gasteiger charge is 2.01. The Hall–Kier alpha value is -1.16. The van der Waals surface area contributed by atoms with E-state index in [1.807, 2.05) is 0 Å². The van der Waals surface area contributed by atoms with Gasteiger partial charge in [0.25, 0.3) is 0 Å². The Balaban J connectivity index is 2.87. The van der Waals surface area contributed by atoms with Crippen molar-refractivity contribution in [2.75, 3.05) is 5.73 Å². The van der Waals surface area contributed by atoms with Gasteiger partial charge in [-0.15, -0.1) is 11.3 Å². The molecule has 0 fully saturated rings. The molecule has 2 aromatic heterocycles. The Morgan fingerprint density at radius 3 is 3.18 bits per heavy atom. The Morgan fingerprint density at radius 2 is 2.36 bits per heavy atom. The van der Waals surface area contributed by atoms with Gasteiger partial charge in [-0.2, -0.15) is 0 Å². The number of thiophene rings is 1. The van der Waals surface area contributed by atoms with Crippen LogP contribution in [0.1, 0.15) is 0 Å². The monoisotopic (exact) mass is 168 g/mol. The summed E-state index contributed by atoms with van der Waals surface area (Å²) in [6.07, 6.45) is 1.19. The highest BCUT2D eigenvalue weighted by Crippen LogP contribution is 2.25. The first kappa shape index (κ1) is 6.54. The van der Waals surface area contributed by atoms with E-state index >= 15 is 0 Å². The molecule has 2 rings (SSSR count). The lowest BCUT2D eigenvalue weighted by Gasteiger charge is -1.89. The number of hydrogen-bond acceptors (Lipinski definition) is 3. The number of anilines is 1. The van der Waals surface area contributed by atoms with E-state index in [-0.39, 0.29) is 5.82 Å². The maximum absolute atomic E-state index is 12.6. The predicted molar refractivity (Wildman–Crippen MR) is 44.0 cm³/mol. The Kier molecular flexibility index (Phi) is 1.29. The number of nitrogens with two attached hydrogens (primary N) is 1. The van der Waals surface area contributed by atoms with Crippen molar-refractivity contribution in [2.45, 2.75) is 0 Å². The molecule has 0 atom stereocenters. The van der Waals surface area contributed by atoms with Crippen molar-refractivity contribution in [3.05, 3.63) is 23.5 Å². The molecule has 0 aliphatic rings. The molecule has 0 aliphatic heterocycles. The van der Waals surface area contributed by atoms with Gasteiger partial charge in [0.1, 0.15) is 10.6 Å². The third kappa shape index (κ3) is 0.952. The molecule has 0 aromatic carbocycles. The summed E-state index contributed by atoms with van der Waals surface area (Å²) in [7, 11) is 0. The molecular weight excluding hydrogens is 163 g/mol. The summed E-state index contributed by atoms with van der Waals surface area (Å²) in [5, 5.41) is 2.46. The highest BCUT2D eigenvalue weighted by molar-refractivity contribution is 7.17. The minimum absolute atomic E-state index is 0.345. The quantitative estimate of drug-likeness (QED) is 0.653. The first-order valence-corrected chi connectivity index (χ1v) is 3.93. The molecule has 4 heteroatoms. The van der Waals surface area contributed by atoms with E-state index in [2.05, 4.69) is 4.98 Å². The zero-order valence-corrected chi connectivity index (χ0v) is 6.36. The fourth-order valence-electron chi connectivity index (χ4n) is 0.910. The van der Waals surface area contributed by atoms with Gasteiger partial charge in [0, 0.05) is 10.8 Å². The van der Waals surface area contributed by atoms with E-state index in [9.17, 15) is 4.39 Å². The van der Waals surface area contributed by atoms with E-state index in [1.54, 1.807) is 5.38 Å². The zero-order valence-electron chi connectivity index (χ0n) is 5.54. The molecule has 0 amide bonds. The first-order valence-electron chi connectivity index (χ1n) is 3.05. The number of nitrogen functional groups attached to an aromatic ring is 1. The second-order valence-electron chi connectivity index (χ2n) is 2.20. The third-order valence-electron chi connectivity index (χ3n) is 1.43. The van der Waals surface area contributed by atoms with Crippen LogP contribution in [-0.4, -0.2) is 4.98 Å². The highest BCUT2D eigenvalue weighted by atomic mass is 32.1. The van der Waals surface area contributed by atoms with Crippen molar-refractivity contribution >= 4 is 27.2 Å². The maximum Gasteiger partial charge on any atom is 0.142 e. The second kappa shape index (κ2) is 2.17. The van der Waals surface area contributed by atoms with Crippen molar-refractivity contribution < 1.29 is 4.39 Å². The van der Waals surface area contributed by atoms with Crippen LogP contribution in [0.3, 0.4) is 0 Å². The smallest absolute Gasteiger partial charge is 0.142 e. The van der Waals surface area contributed by atoms with E-state index in [1.165, 1.54) is 23.6 Å². The van der Waals surface area contributed by atoms with Gasteiger partial charge in [-0.05, 0) is 6.07 Å². The molecule has 0 radical (unpaired) electrons. The zero-order chi connectivity index (χ0) is 7.84. The Morgan fingerprint density at radius 1 is 1.55 bits per heavy atom. The number of nitrogens with zero attached hydrogens (tertiary/aromatic N) is 1. The van der Waals surface area contributed by atoms with Crippen LogP contribution in [0.2, 0.25) is 0 Å². The van der Waals surface area contributed by atoms with Crippen molar-refractivity contribution in [3.8, 4) is 0 Å². The summed E-state index contributed by atoms with van der Waals surface area (Å²) in [5.41, 5.74) is 6.14. The summed E-state index contributed by atoms with van der Waals surface area (Å²) in [6, 6.07) is 1.40. The van der Waals surface area contributed by atoms with Crippen molar-refractivity contribution in [1.82, 2.24) is 4.98 Å². The molecule has 0 aliphatic carbocycles. The second-order valence-corrected chi connectivity index (χ2v) is 3.06. The van der Waals surface area contributed by atoms with E-state index in [4.69, 9.17) is 5.73 Å². The van der Waals surface area contributed by atoms with E-state index < -0.39 is 0 Å². The normalized spacial score (nSPS) is 10.6. The molecule has 2 N–H and O–H groups in total. The molecule has 0 spiro atoms. The summed E-state index contributed by atoms with van der Waals surface area (Å²) in [6.45, 7) is 0. The average molecular weight is 168 g/mol. The number of fused-ring (bicyclic) bond motifs is 1. The van der Waals surface area contributed by atoms with Crippen LogP contribution in [0.4, 0.5) is 10.1 Å². The fourth-order valence-corrected chi connectivity index (χ4v) is 1.69. The molecular formula is C7H5FN2S. The van der Waals surface area contributed by atoms with Crippen LogP contribution in [-0.2, 0) is 0 Å². The van der Waals surface area contributed by atoms with Gasteiger partial charge < -0.3 is 5.73 Å². The van der Waals surface area contributed by atoms with Crippen LogP contribution in [0.5, 0.6) is 0 Å². The number of pyridine rings is 1. The van der Waals surface area contributed by atoms with Crippen molar-refractivity contribution in [1.29, 1.82) is 0 Å². The number of rotatable bonds is 0. The van der Waals surface area contributed by atoms with Crippen molar-refractivity contribution in [3.63, 3.8) is 0 Å². The van der Waals surface area contributed by atoms with Crippen LogP contribution in [0.15, 0.2) is 17.6 Å². The van der Waals surface area contributed by atoms with Gasteiger partial charge in [0.05, 0.1) is 11.9 Å². The molecule has 2 aromatic rings. The van der Waals surface area contributed by atoms with Gasteiger partial charge in [-0.3, -0.25) is 0 Å². The summed E-state index contributed by atoms with van der Waals surface area (Å²) < 4.78 is 12.6. The first-order chi connectivity index (χ1) is 5.27. The SMILES string of the molecule is Nc1csc2ncc(F)cc12. The molecule has 56 valence electrons. The van der Waals surface area contributed by atoms with Crippen LogP contribution in [0, 0.1) is 5.82 Å². The van der Waals surface area contributed by atoms with Gasteiger partial charge in [0.15, 0.2) is 0 Å². The molecule has 2 heterocycles. The summed E-state index contributed by atoms with van der Waals surface area (Å²) in [5.74, 6) is -0.345. The molecule has 0 unspecified atom stereocenters. The minimum Gasteiger partial charge on any atom is -0.398 e. The molecule has 2 nitrogen and oxygen atoms in total.